The van der Waals surface area contributed by atoms with E-state index in [-0.39, 0.29) is 47.3 Å². The number of rotatable bonds is 8. The molecule has 166 valence electrons. The third-order valence-electron chi connectivity index (χ3n) is 6.36. The van der Waals surface area contributed by atoms with E-state index in [0.717, 1.165) is 6.42 Å². The normalized spacial score (nSPS) is 27.6. The molecule has 0 aromatic heterocycles. The van der Waals surface area contributed by atoms with Crippen molar-refractivity contribution < 1.29 is 18.7 Å². The average molecular weight is 429 g/mol. The number of imide groups is 1. The van der Waals surface area contributed by atoms with Crippen molar-refractivity contribution in [2.45, 2.75) is 25.9 Å². The number of likely N-dealkylation sites (tertiary alicyclic amines) is 1. The highest BCUT2D eigenvalue weighted by molar-refractivity contribution is 6.06. The minimum Gasteiger partial charge on any atom is -0.486 e. The molecule has 2 amide bonds. The highest BCUT2D eigenvalue weighted by Crippen LogP contribution is 2.52. The molecule has 3 aliphatic rings. The molecule has 1 saturated heterocycles. The standard InChI is InChI=1S/C23H29FN4O3/c1-14(31-18-7-4-3-6-17(18)24)13-27-23(25-2)26-10-5-11-28-21(29)19-15-8-9-16(12-15)20(19)22(28)30/h3-4,6-9,14-16,19-20H,5,10-13H2,1-2H3,(H2,25,26,27). The number of carbonyl (C=O) groups is 2. The zero-order chi connectivity index (χ0) is 22.0. The lowest BCUT2D eigenvalue weighted by Crippen LogP contribution is -2.43. The molecule has 0 radical (unpaired) electrons. The molecule has 2 N–H and O–H groups in total. The van der Waals surface area contributed by atoms with Crippen molar-refractivity contribution in [1.82, 2.24) is 15.5 Å². The van der Waals surface area contributed by atoms with E-state index in [0.29, 0.717) is 32.0 Å². The van der Waals surface area contributed by atoms with Crippen molar-refractivity contribution in [1.29, 1.82) is 0 Å². The zero-order valence-corrected chi connectivity index (χ0v) is 17.9. The SMILES string of the molecule is CN=C(NCCCN1C(=O)C2C3C=CC(C3)C2C1=O)NCC(C)Oc1ccccc1F. The fraction of sp³-hybridized carbons (Fsp3) is 0.522. The van der Waals surface area contributed by atoms with Crippen LogP contribution in [0.1, 0.15) is 19.8 Å². The van der Waals surface area contributed by atoms with Gasteiger partial charge >= 0.3 is 0 Å². The lowest BCUT2D eigenvalue weighted by molar-refractivity contribution is -0.140. The second-order valence-electron chi connectivity index (χ2n) is 8.42. The Bertz CT molecular complexity index is 873. The number of nitrogens with one attached hydrogen (secondary N) is 2. The number of fused-ring (bicyclic) bond motifs is 5. The zero-order valence-electron chi connectivity index (χ0n) is 17.9. The number of hydrogen-bond acceptors (Lipinski definition) is 4. The predicted molar refractivity (Wildman–Crippen MR) is 115 cm³/mol. The van der Waals surface area contributed by atoms with E-state index in [1.54, 1.807) is 25.2 Å². The van der Waals surface area contributed by atoms with Gasteiger partial charge in [0.2, 0.25) is 11.8 Å². The first-order valence-electron chi connectivity index (χ1n) is 10.9. The summed E-state index contributed by atoms with van der Waals surface area (Å²) in [7, 11) is 1.66. The van der Waals surface area contributed by atoms with Crippen molar-refractivity contribution >= 4 is 17.8 Å². The second kappa shape index (κ2) is 9.08. The molecular formula is C23H29FN4O3. The summed E-state index contributed by atoms with van der Waals surface area (Å²) in [6, 6.07) is 6.30. The van der Waals surface area contributed by atoms with Crippen LogP contribution < -0.4 is 15.4 Å². The van der Waals surface area contributed by atoms with Gasteiger partial charge in [-0.05, 0) is 43.7 Å². The summed E-state index contributed by atoms with van der Waals surface area (Å²) in [5.74, 6) is 0.604. The van der Waals surface area contributed by atoms with E-state index in [1.165, 1.54) is 11.0 Å². The highest BCUT2D eigenvalue weighted by Gasteiger charge is 2.58. The lowest BCUT2D eigenvalue weighted by Gasteiger charge is -2.19. The number of allylic oxidation sites excluding steroid dienone is 2. The molecule has 4 rings (SSSR count). The van der Waals surface area contributed by atoms with Crippen molar-refractivity contribution in [2.75, 3.05) is 26.7 Å². The van der Waals surface area contributed by atoms with Crippen molar-refractivity contribution in [3.05, 3.63) is 42.2 Å². The highest BCUT2D eigenvalue weighted by atomic mass is 19.1. The molecule has 0 spiro atoms. The fourth-order valence-electron chi connectivity index (χ4n) is 4.89. The molecule has 31 heavy (non-hydrogen) atoms. The number of aliphatic imine (C=N–C) groups is 1. The Kier molecular flexibility index (Phi) is 6.25. The van der Waals surface area contributed by atoms with Crippen LogP contribution in [0.5, 0.6) is 5.75 Å². The molecule has 1 aromatic rings. The van der Waals surface area contributed by atoms with Gasteiger partial charge in [-0.3, -0.25) is 19.5 Å². The van der Waals surface area contributed by atoms with Gasteiger partial charge in [0, 0.05) is 20.1 Å². The van der Waals surface area contributed by atoms with Crippen LogP contribution in [0.4, 0.5) is 4.39 Å². The van der Waals surface area contributed by atoms with E-state index in [9.17, 15) is 14.0 Å². The molecule has 8 heteroatoms. The number of para-hydroxylation sites is 1. The molecule has 1 aliphatic heterocycles. The summed E-state index contributed by atoms with van der Waals surface area (Å²) in [5, 5.41) is 6.32. The third kappa shape index (κ3) is 4.29. The minimum absolute atomic E-state index is 0.00604. The summed E-state index contributed by atoms with van der Waals surface area (Å²) in [6.45, 7) is 3.27. The van der Waals surface area contributed by atoms with Gasteiger partial charge in [0.25, 0.3) is 0 Å². The Morgan fingerprint density at radius 2 is 1.87 bits per heavy atom. The molecule has 5 unspecified atom stereocenters. The van der Waals surface area contributed by atoms with E-state index in [2.05, 4.69) is 27.8 Å². The lowest BCUT2D eigenvalue weighted by atomic mass is 9.85. The topological polar surface area (TPSA) is 83.0 Å². The van der Waals surface area contributed by atoms with Crippen LogP contribution >= 0.6 is 0 Å². The van der Waals surface area contributed by atoms with Gasteiger partial charge < -0.3 is 15.4 Å². The van der Waals surface area contributed by atoms with Gasteiger partial charge in [0.15, 0.2) is 17.5 Å². The predicted octanol–water partition coefficient (Wildman–Crippen LogP) is 1.96. The van der Waals surface area contributed by atoms with Crippen LogP contribution in [-0.4, -0.2) is 55.5 Å². The van der Waals surface area contributed by atoms with Crippen LogP contribution in [0.25, 0.3) is 0 Å². The summed E-state index contributed by atoms with van der Waals surface area (Å²) in [5.41, 5.74) is 0. The smallest absolute Gasteiger partial charge is 0.233 e. The number of benzene rings is 1. The fourth-order valence-corrected chi connectivity index (χ4v) is 4.89. The second-order valence-corrected chi connectivity index (χ2v) is 8.42. The Morgan fingerprint density at radius 3 is 2.52 bits per heavy atom. The maximum absolute atomic E-state index is 13.7. The van der Waals surface area contributed by atoms with Crippen LogP contribution in [0.15, 0.2) is 41.4 Å². The maximum atomic E-state index is 13.7. The first kappa shape index (κ1) is 21.3. The number of ether oxygens (including phenoxy) is 1. The van der Waals surface area contributed by atoms with E-state index in [1.807, 2.05) is 6.92 Å². The molecule has 2 bridgehead atoms. The quantitative estimate of drug-likeness (QED) is 0.217. The maximum Gasteiger partial charge on any atom is 0.233 e. The van der Waals surface area contributed by atoms with Gasteiger partial charge in [-0.15, -0.1) is 0 Å². The van der Waals surface area contributed by atoms with Crippen molar-refractivity contribution in [2.24, 2.45) is 28.7 Å². The third-order valence-corrected chi connectivity index (χ3v) is 6.36. The molecule has 2 aliphatic carbocycles. The molecule has 1 heterocycles. The van der Waals surface area contributed by atoms with Gasteiger partial charge in [0.05, 0.1) is 18.4 Å². The summed E-state index contributed by atoms with van der Waals surface area (Å²) in [6.07, 6.45) is 5.53. The average Bonchev–Trinajstić information content (AvgIpc) is 3.44. The molecule has 5 atom stereocenters. The van der Waals surface area contributed by atoms with Crippen LogP contribution in [0, 0.1) is 29.5 Å². The summed E-state index contributed by atoms with van der Waals surface area (Å²) >= 11 is 0. The molecule has 7 nitrogen and oxygen atoms in total. The van der Waals surface area contributed by atoms with Crippen LogP contribution in [0.2, 0.25) is 0 Å². The first-order chi connectivity index (χ1) is 15.0. The number of carbonyl (C=O) groups excluding carboxylic acids is 2. The minimum atomic E-state index is -0.393. The van der Waals surface area contributed by atoms with Crippen LogP contribution in [0.3, 0.4) is 0 Å². The molecule has 2 fully saturated rings. The first-order valence-corrected chi connectivity index (χ1v) is 10.9. The van der Waals surface area contributed by atoms with Gasteiger partial charge in [0.1, 0.15) is 6.10 Å². The monoisotopic (exact) mass is 428 g/mol. The Hall–Kier alpha value is -2.90. The number of guanidine groups is 1. The van der Waals surface area contributed by atoms with Crippen molar-refractivity contribution in [3.8, 4) is 5.75 Å². The Labute approximate surface area is 181 Å². The number of amides is 2. The van der Waals surface area contributed by atoms with E-state index < -0.39 is 5.82 Å². The summed E-state index contributed by atoms with van der Waals surface area (Å²) < 4.78 is 19.3. The van der Waals surface area contributed by atoms with Gasteiger partial charge in [-0.25, -0.2) is 4.39 Å². The summed E-state index contributed by atoms with van der Waals surface area (Å²) in [4.78, 5) is 31.0. The number of nitrogens with zero attached hydrogens (tertiary/aromatic N) is 2. The largest absolute Gasteiger partial charge is 0.486 e. The molecule has 1 aromatic carbocycles. The van der Waals surface area contributed by atoms with Crippen LogP contribution in [-0.2, 0) is 9.59 Å². The van der Waals surface area contributed by atoms with Crippen molar-refractivity contribution in [3.63, 3.8) is 0 Å². The Balaban J connectivity index is 1.18. The molecule has 1 saturated carbocycles. The van der Waals surface area contributed by atoms with Gasteiger partial charge in [-0.2, -0.15) is 0 Å². The van der Waals surface area contributed by atoms with E-state index in [4.69, 9.17) is 4.74 Å². The van der Waals surface area contributed by atoms with Gasteiger partial charge in [-0.1, -0.05) is 24.3 Å². The molecular weight excluding hydrogens is 399 g/mol. The van der Waals surface area contributed by atoms with E-state index >= 15 is 0 Å². The number of halogens is 1. The number of hydrogen-bond donors (Lipinski definition) is 2. The Morgan fingerprint density at radius 1 is 1.19 bits per heavy atom.